The highest BCUT2D eigenvalue weighted by atomic mass is 16.4. The molecular weight excluding hydrogens is 318 g/mol. The molecule has 5 heteroatoms. The van der Waals surface area contributed by atoms with Crippen molar-refractivity contribution >= 4 is 28.5 Å². The highest BCUT2D eigenvalue weighted by Crippen LogP contribution is 2.34. The summed E-state index contributed by atoms with van der Waals surface area (Å²) in [4.78, 5) is 23.9. The summed E-state index contributed by atoms with van der Waals surface area (Å²) in [6.45, 7) is 0. The van der Waals surface area contributed by atoms with E-state index >= 15 is 0 Å². The average molecular weight is 338 g/mol. The van der Waals surface area contributed by atoms with E-state index in [4.69, 9.17) is 4.42 Å². The number of fused-ring (bicyclic) bond motifs is 3. The minimum absolute atomic E-state index is 0.268. The van der Waals surface area contributed by atoms with Crippen LogP contribution in [0.4, 0.5) is 5.69 Å². The molecule has 4 rings (SSSR count). The Morgan fingerprint density at radius 2 is 1.84 bits per heavy atom. The maximum absolute atomic E-state index is 12.6. The number of hydrogen-bond donors (Lipinski definition) is 1. The van der Waals surface area contributed by atoms with Gasteiger partial charge in [0, 0.05) is 34.9 Å². The number of benzene rings is 1. The average Bonchev–Trinajstić information content (AvgIpc) is 2.99. The Balaban J connectivity index is 1.58. The quantitative estimate of drug-likeness (QED) is 0.872. The highest BCUT2D eigenvalue weighted by Gasteiger charge is 2.30. The summed E-state index contributed by atoms with van der Waals surface area (Å²) in [5.74, 6) is -1.74. The third-order valence-corrected chi connectivity index (χ3v) is 5.29. The highest BCUT2D eigenvalue weighted by molar-refractivity contribution is 5.97. The van der Waals surface area contributed by atoms with Gasteiger partial charge in [0.15, 0.2) is 0 Å². The molecule has 25 heavy (non-hydrogen) atoms. The Morgan fingerprint density at radius 3 is 2.64 bits per heavy atom. The van der Waals surface area contributed by atoms with Crippen LogP contribution in [0.15, 0.2) is 34.8 Å². The van der Waals surface area contributed by atoms with Gasteiger partial charge in [-0.25, -0.2) is 0 Å². The van der Waals surface area contributed by atoms with Crippen LogP contribution in [0.3, 0.4) is 0 Å². The van der Waals surface area contributed by atoms with E-state index in [1.165, 1.54) is 5.56 Å². The maximum atomic E-state index is 12.6. The number of furan rings is 1. The molecular formula is C20H20NO4-. The van der Waals surface area contributed by atoms with Crippen molar-refractivity contribution in [3.63, 3.8) is 0 Å². The van der Waals surface area contributed by atoms with E-state index < -0.39 is 17.8 Å². The summed E-state index contributed by atoms with van der Waals surface area (Å²) in [5.41, 5.74) is 2.77. The number of rotatable bonds is 3. The van der Waals surface area contributed by atoms with Crippen LogP contribution in [0.1, 0.15) is 37.0 Å². The van der Waals surface area contributed by atoms with Gasteiger partial charge < -0.3 is 19.6 Å². The molecule has 130 valence electrons. The van der Waals surface area contributed by atoms with Gasteiger partial charge in [0.05, 0.1) is 5.92 Å². The predicted molar refractivity (Wildman–Crippen MR) is 91.8 cm³/mol. The molecule has 0 bridgehead atoms. The topological polar surface area (TPSA) is 82.4 Å². The molecule has 0 spiro atoms. The van der Waals surface area contributed by atoms with Crippen molar-refractivity contribution < 1.29 is 19.1 Å². The summed E-state index contributed by atoms with van der Waals surface area (Å²) in [5, 5.41) is 15.2. The first-order valence-corrected chi connectivity index (χ1v) is 8.84. The number of aryl methyl sites for hydroxylation is 2. The van der Waals surface area contributed by atoms with E-state index in [9.17, 15) is 14.7 Å². The zero-order valence-electron chi connectivity index (χ0n) is 13.9. The van der Waals surface area contributed by atoms with Crippen LogP contribution >= 0.6 is 0 Å². The molecule has 2 aliphatic rings. The first-order valence-electron chi connectivity index (χ1n) is 8.84. The number of aliphatic carboxylic acids is 1. The van der Waals surface area contributed by atoms with Gasteiger partial charge >= 0.3 is 0 Å². The summed E-state index contributed by atoms with van der Waals surface area (Å²) in [7, 11) is 0. The third-order valence-electron chi connectivity index (χ3n) is 5.29. The monoisotopic (exact) mass is 338 g/mol. The van der Waals surface area contributed by atoms with Crippen molar-refractivity contribution in [2.45, 2.75) is 38.5 Å². The Kier molecular flexibility index (Phi) is 4.07. The molecule has 0 saturated heterocycles. The van der Waals surface area contributed by atoms with Crippen molar-refractivity contribution in [3.8, 4) is 0 Å². The number of amides is 1. The molecule has 5 nitrogen and oxygen atoms in total. The number of carboxylic acid groups (broad SMARTS) is 1. The van der Waals surface area contributed by atoms with Crippen molar-refractivity contribution in [1.82, 2.24) is 0 Å². The zero-order valence-corrected chi connectivity index (χ0v) is 13.9. The SMILES string of the molecule is O=C([O-])[C@H]1CC=CC[C@H]1C(=O)Nc1ccc2oc3c(c2c1)CCCC3. The molecule has 0 radical (unpaired) electrons. The number of carbonyl (C=O) groups is 2. The van der Waals surface area contributed by atoms with Gasteiger partial charge in [0.1, 0.15) is 11.3 Å². The summed E-state index contributed by atoms with van der Waals surface area (Å²) in [6, 6.07) is 5.62. The molecule has 0 saturated carbocycles. The summed E-state index contributed by atoms with van der Waals surface area (Å²) < 4.78 is 5.91. The van der Waals surface area contributed by atoms with Crippen molar-refractivity contribution in [2.75, 3.05) is 5.32 Å². The smallest absolute Gasteiger partial charge is 0.228 e. The Labute approximate surface area is 145 Å². The number of anilines is 1. The van der Waals surface area contributed by atoms with Gasteiger partial charge in [-0.2, -0.15) is 0 Å². The fraction of sp³-hybridized carbons (Fsp3) is 0.400. The van der Waals surface area contributed by atoms with Crippen LogP contribution in [-0.2, 0) is 22.4 Å². The van der Waals surface area contributed by atoms with Crippen LogP contribution in [0, 0.1) is 11.8 Å². The van der Waals surface area contributed by atoms with Crippen LogP contribution < -0.4 is 10.4 Å². The molecule has 0 unspecified atom stereocenters. The Bertz CT molecular complexity index is 864. The van der Waals surface area contributed by atoms with Gasteiger partial charge in [0.25, 0.3) is 0 Å². The standard InChI is InChI=1S/C20H21NO4/c22-19(14-6-1-2-7-15(14)20(23)24)21-12-9-10-18-16(11-12)13-5-3-4-8-17(13)25-18/h1-2,9-11,14-15H,3-8H2,(H,21,22)(H,23,24)/p-1/t14-,15+/m1/s1. The van der Waals surface area contributed by atoms with Gasteiger partial charge in [-0.15, -0.1) is 0 Å². The van der Waals surface area contributed by atoms with Crippen LogP contribution in [0.2, 0.25) is 0 Å². The first kappa shape index (κ1) is 15.9. The third kappa shape index (κ3) is 2.95. The van der Waals surface area contributed by atoms with Crippen molar-refractivity contribution in [1.29, 1.82) is 0 Å². The molecule has 2 aromatic rings. The van der Waals surface area contributed by atoms with E-state index in [0.717, 1.165) is 42.4 Å². The molecule has 2 atom stereocenters. The number of carbonyl (C=O) groups excluding carboxylic acids is 2. The molecule has 1 N–H and O–H groups in total. The lowest BCUT2D eigenvalue weighted by Gasteiger charge is -2.28. The molecule has 2 aliphatic carbocycles. The Hall–Kier alpha value is -2.56. The van der Waals surface area contributed by atoms with Gasteiger partial charge in [-0.05, 0) is 50.3 Å². The Morgan fingerprint density at radius 1 is 1.08 bits per heavy atom. The van der Waals surface area contributed by atoms with Gasteiger partial charge in [-0.1, -0.05) is 12.2 Å². The molecule has 0 fully saturated rings. The predicted octanol–water partition coefficient (Wildman–Crippen LogP) is 2.58. The van der Waals surface area contributed by atoms with E-state index in [1.807, 2.05) is 24.3 Å². The fourth-order valence-corrected chi connectivity index (χ4v) is 3.94. The molecule has 1 amide bonds. The first-order chi connectivity index (χ1) is 12.1. The second-order valence-corrected chi connectivity index (χ2v) is 6.89. The molecule has 1 heterocycles. The van der Waals surface area contributed by atoms with Gasteiger partial charge in [-0.3, -0.25) is 4.79 Å². The molecule has 1 aromatic carbocycles. The second-order valence-electron chi connectivity index (χ2n) is 6.89. The fourth-order valence-electron chi connectivity index (χ4n) is 3.94. The number of allylic oxidation sites excluding steroid dienone is 2. The summed E-state index contributed by atoms with van der Waals surface area (Å²) in [6.07, 6.45) is 8.69. The lowest BCUT2D eigenvalue weighted by molar-refractivity contribution is -0.313. The normalized spacial score (nSPS) is 22.6. The molecule has 1 aromatic heterocycles. The van der Waals surface area contributed by atoms with Crippen molar-refractivity contribution in [3.05, 3.63) is 41.7 Å². The largest absolute Gasteiger partial charge is 0.550 e. The minimum atomic E-state index is -1.16. The number of nitrogens with one attached hydrogen (secondary N) is 1. The van der Waals surface area contributed by atoms with E-state index in [1.54, 1.807) is 6.08 Å². The van der Waals surface area contributed by atoms with E-state index in [0.29, 0.717) is 18.5 Å². The molecule has 0 aliphatic heterocycles. The minimum Gasteiger partial charge on any atom is -0.550 e. The second kappa shape index (κ2) is 6.39. The van der Waals surface area contributed by atoms with E-state index in [2.05, 4.69) is 5.32 Å². The van der Waals surface area contributed by atoms with E-state index in [-0.39, 0.29) is 5.91 Å². The lowest BCUT2D eigenvalue weighted by atomic mass is 9.82. The van der Waals surface area contributed by atoms with Crippen LogP contribution in [-0.4, -0.2) is 11.9 Å². The number of hydrogen-bond acceptors (Lipinski definition) is 4. The van der Waals surface area contributed by atoms with Crippen molar-refractivity contribution in [2.24, 2.45) is 11.8 Å². The van der Waals surface area contributed by atoms with Crippen LogP contribution in [0.5, 0.6) is 0 Å². The van der Waals surface area contributed by atoms with Gasteiger partial charge in [0.2, 0.25) is 5.91 Å². The van der Waals surface area contributed by atoms with Crippen LogP contribution in [0.25, 0.3) is 11.0 Å². The lowest BCUT2D eigenvalue weighted by Crippen LogP contribution is -2.41. The zero-order chi connectivity index (χ0) is 17.4. The number of carboxylic acids is 1. The summed E-state index contributed by atoms with van der Waals surface area (Å²) >= 11 is 0. The maximum Gasteiger partial charge on any atom is 0.228 e.